The van der Waals surface area contributed by atoms with E-state index >= 15 is 0 Å². The van der Waals surface area contributed by atoms with Crippen molar-refractivity contribution in [3.05, 3.63) is 53.6 Å². The molecular formula is C17H24N4. The number of hydrogen-bond donors (Lipinski definition) is 1. The van der Waals surface area contributed by atoms with Crippen molar-refractivity contribution >= 4 is 0 Å². The molecule has 2 N–H and O–H groups in total. The van der Waals surface area contributed by atoms with Gasteiger partial charge in [-0.1, -0.05) is 31.2 Å². The summed E-state index contributed by atoms with van der Waals surface area (Å²) in [7, 11) is 0. The quantitative estimate of drug-likeness (QED) is 0.917. The molecule has 0 saturated heterocycles. The van der Waals surface area contributed by atoms with Crippen molar-refractivity contribution in [2.24, 2.45) is 5.73 Å². The molecule has 21 heavy (non-hydrogen) atoms. The van der Waals surface area contributed by atoms with Crippen molar-refractivity contribution in [1.82, 2.24) is 14.5 Å². The number of rotatable bonds is 5. The van der Waals surface area contributed by atoms with Crippen LogP contribution in [0.4, 0.5) is 0 Å². The second kappa shape index (κ2) is 6.41. The van der Waals surface area contributed by atoms with Gasteiger partial charge in [0.2, 0.25) is 0 Å². The molecule has 4 nitrogen and oxygen atoms in total. The third-order valence-corrected chi connectivity index (χ3v) is 4.37. The smallest absolute Gasteiger partial charge is 0.0948 e. The van der Waals surface area contributed by atoms with Crippen molar-refractivity contribution in [2.45, 2.75) is 38.9 Å². The lowest BCUT2D eigenvalue weighted by Crippen LogP contribution is -2.38. The Labute approximate surface area is 126 Å². The molecule has 1 aromatic heterocycles. The molecule has 1 aliphatic heterocycles. The van der Waals surface area contributed by atoms with Crippen LogP contribution in [0.2, 0.25) is 0 Å². The number of hydrogen-bond acceptors (Lipinski definition) is 3. The number of nitrogens with zero attached hydrogens (tertiary/aromatic N) is 3. The van der Waals surface area contributed by atoms with Crippen LogP contribution in [0.1, 0.15) is 36.2 Å². The summed E-state index contributed by atoms with van der Waals surface area (Å²) < 4.78 is 2.25. The average Bonchev–Trinajstić information content (AvgIpc) is 2.97. The van der Waals surface area contributed by atoms with Crippen LogP contribution in [-0.2, 0) is 19.5 Å². The Bertz CT molecular complexity index is 590. The Hall–Kier alpha value is -1.65. The SMILES string of the molecule is CCCn1cncc1C(CN)N1CCc2ccccc2C1. The molecule has 0 aliphatic carbocycles. The monoisotopic (exact) mass is 284 g/mol. The molecule has 0 fully saturated rings. The highest BCUT2D eigenvalue weighted by Crippen LogP contribution is 2.27. The van der Waals surface area contributed by atoms with Crippen LogP contribution in [0.25, 0.3) is 0 Å². The number of benzene rings is 1. The van der Waals surface area contributed by atoms with E-state index in [1.807, 2.05) is 12.5 Å². The van der Waals surface area contributed by atoms with Crippen molar-refractivity contribution in [3.63, 3.8) is 0 Å². The Morgan fingerprint density at radius 3 is 2.86 bits per heavy atom. The summed E-state index contributed by atoms with van der Waals surface area (Å²) >= 11 is 0. The summed E-state index contributed by atoms with van der Waals surface area (Å²) in [6.07, 6.45) is 6.13. The minimum atomic E-state index is 0.257. The Balaban J connectivity index is 1.83. The Morgan fingerprint density at radius 2 is 2.10 bits per heavy atom. The minimum absolute atomic E-state index is 0.257. The van der Waals surface area contributed by atoms with Crippen molar-refractivity contribution < 1.29 is 0 Å². The summed E-state index contributed by atoms with van der Waals surface area (Å²) in [6, 6.07) is 8.99. The maximum Gasteiger partial charge on any atom is 0.0948 e. The molecule has 1 aromatic carbocycles. The zero-order valence-electron chi connectivity index (χ0n) is 12.7. The lowest BCUT2D eigenvalue weighted by molar-refractivity contribution is 0.176. The van der Waals surface area contributed by atoms with Crippen LogP contribution in [0.15, 0.2) is 36.8 Å². The molecule has 2 aromatic rings. The maximum atomic E-state index is 6.10. The standard InChI is InChI=1S/C17H24N4/c1-2-8-21-13-19-11-17(21)16(10-18)20-9-7-14-5-3-4-6-15(14)12-20/h3-6,11,13,16H,2,7-10,12,18H2,1H3. The number of fused-ring (bicyclic) bond motifs is 1. The van der Waals surface area contributed by atoms with E-state index in [-0.39, 0.29) is 6.04 Å². The number of imidazole rings is 1. The highest BCUT2D eigenvalue weighted by atomic mass is 15.2. The van der Waals surface area contributed by atoms with E-state index in [9.17, 15) is 0 Å². The van der Waals surface area contributed by atoms with Crippen LogP contribution >= 0.6 is 0 Å². The minimum Gasteiger partial charge on any atom is -0.333 e. The molecule has 0 amide bonds. The summed E-state index contributed by atoms with van der Waals surface area (Å²) in [5.74, 6) is 0. The van der Waals surface area contributed by atoms with Gasteiger partial charge in [0, 0.05) is 32.4 Å². The zero-order chi connectivity index (χ0) is 14.7. The molecular weight excluding hydrogens is 260 g/mol. The molecule has 3 rings (SSSR count). The molecule has 4 heteroatoms. The number of nitrogens with two attached hydrogens (primary N) is 1. The largest absolute Gasteiger partial charge is 0.333 e. The first-order valence-electron chi connectivity index (χ1n) is 7.84. The third kappa shape index (κ3) is 2.87. The van der Waals surface area contributed by atoms with E-state index in [0.717, 1.165) is 32.5 Å². The molecule has 0 bridgehead atoms. The van der Waals surface area contributed by atoms with Gasteiger partial charge in [-0.05, 0) is 24.0 Å². The van der Waals surface area contributed by atoms with Crippen LogP contribution in [0.3, 0.4) is 0 Å². The van der Waals surface area contributed by atoms with E-state index in [4.69, 9.17) is 5.73 Å². The van der Waals surface area contributed by atoms with Crippen molar-refractivity contribution in [3.8, 4) is 0 Å². The summed E-state index contributed by atoms with van der Waals surface area (Å²) in [4.78, 5) is 6.82. The first kappa shape index (κ1) is 14.3. The van der Waals surface area contributed by atoms with Gasteiger partial charge in [0.15, 0.2) is 0 Å². The molecule has 1 aliphatic rings. The van der Waals surface area contributed by atoms with E-state index < -0.39 is 0 Å². The van der Waals surface area contributed by atoms with Gasteiger partial charge >= 0.3 is 0 Å². The third-order valence-electron chi connectivity index (χ3n) is 4.37. The first-order valence-corrected chi connectivity index (χ1v) is 7.84. The van der Waals surface area contributed by atoms with Crippen molar-refractivity contribution in [1.29, 1.82) is 0 Å². The highest BCUT2D eigenvalue weighted by Gasteiger charge is 2.25. The van der Waals surface area contributed by atoms with E-state index in [1.165, 1.54) is 16.8 Å². The van der Waals surface area contributed by atoms with Crippen molar-refractivity contribution in [2.75, 3.05) is 13.1 Å². The lowest BCUT2D eigenvalue weighted by atomic mass is 9.98. The molecule has 0 spiro atoms. The predicted molar refractivity (Wildman–Crippen MR) is 84.9 cm³/mol. The highest BCUT2D eigenvalue weighted by molar-refractivity contribution is 5.29. The normalized spacial score (nSPS) is 16.7. The fourth-order valence-corrected chi connectivity index (χ4v) is 3.28. The van der Waals surface area contributed by atoms with Gasteiger partial charge in [-0.15, -0.1) is 0 Å². The number of aryl methyl sites for hydroxylation is 1. The van der Waals surface area contributed by atoms with E-state index in [1.54, 1.807) is 0 Å². The van der Waals surface area contributed by atoms with Gasteiger partial charge in [0.25, 0.3) is 0 Å². The van der Waals surface area contributed by atoms with Crippen LogP contribution in [0.5, 0.6) is 0 Å². The Kier molecular flexibility index (Phi) is 4.36. The molecule has 112 valence electrons. The average molecular weight is 284 g/mol. The summed E-state index contributed by atoms with van der Waals surface area (Å²) in [6.45, 7) is 5.89. The maximum absolute atomic E-state index is 6.10. The summed E-state index contributed by atoms with van der Waals surface area (Å²) in [5, 5.41) is 0. The van der Waals surface area contributed by atoms with Gasteiger partial charge in [-0.3, -0.25) is 4.90 Å². The van der Waals surface area contributed by atoms with Gasteiger partial charge in [0.05, 0.1) is 18.1 Å². The molecule has 0 saturated carbocycles. The number of aromatic nitrogens is 2. The second-order valence-electron chi connectivity index (χ2n) is 5.75. The molecule has 0 radical (unpaired) electrons. The van der Waals surface area contributed by atoms with Gasteiger partial charge < -0.3 is 10.3 Å². The van der Waals surface area contributed by atoms with E-state index in [2.05, 4.69) is 45.6 Å². The van der Waals surface area contributed by atoms with Crippen LogP contribution < -0.4 is 5.73 Å². The van der Waals surface area contributed by atoms with Crippen LogP contribution in [-0.4, -0.2) is 27.5 Å². The second-order valence-corrected chi connectivity index (χ2v) is 5.75. The van der Waals surface area contributed by atoms with Crippen LogP contribution in [0, 0.1) is 0 Å². The van der Waals surface area contributed by atoms with Gasteiger partial charge in [-0.2, -0.15) is 0 Å². The molecule has 1 unspecified atom stereocenters. The molecule has 1 atom stereocenters. The van der Waals surface area contributed by atoms with E-state index in [0.29, 0.717) is 6.54 Å². The Morgan fingerprint density at radius 1 is 1.29 bits per heavy atom. The summed E-state index contributed by atoms with van der Waals surface area (Å²) in [5.41, 5.74) is 10.3. The molecule has 2 heterocycles. The lowest BCUT2D eigenvalue weighted by Gasteiger charge is -2.35. The van der Waals surface area contributed by atoms with Gasteiger partial charge in [-0.25, -0.2) is 4.98 Å². The first-order chi connectivity index (χ1) is 10.3. The fraction of sp³-hybridized carbons (Fsp3) is 0.471. The fourth-order valence-electron chi connectivity index (χ4n) is 3.28. The van der Waals surface area contributed by atoms with Gasteiger partial charge in [0.1, 0.15) is 0 Å². The topological polar surface area (TPSA) is 47.1 Å². The predicted octanol–water partition coefficient (Wildman–Crippen LogP) is 2.35. The zero-order valence-corrected chi connectivity index (χ0v) is 12.7.